The van der Waals surface area contributed by atoms with Crippen molar-refractivity contribution < 1.29 is 5.11 Å². The van der Waals surface area contributed by atoms with E-state index in [4.69, 9.17) is 0 Å². The van der Waals surface area contributed by atoms with Crippen LogP contribution in [0.4, 0.5) is 0 Å². The second kappa shape index (κ2) is 9.86. The Morgan fingerprint density at radius 1 is 0.483 bits per heavy atom. The minimum absolute atomic E-state index is 0.232. The molecule has 1 heteroatoms. The molecule has 0 unspecified atom stereocenters. The zero-order chi connectivity index (χ0) is 20.5. The molecule has 4 aromatic carbocycles. The summed E-state index contributed by atoms with van der Waals surface area (Å²) >= 11 is 0. The first-order chi connectivity index (χ1) is 14.3. The summed E-state index contributed by atoms with van der Waals surface area (Å²) < 4.78 is 0. The number of rotatable bonds is 5. The number of hydrogen-bond donors (Lipinski definition) is 1. The Kier molecular flexibility index (Phi) is 6.99. The normalized spacial score (nSPS) is 10.9. The maximum absolute atomic E-state index is 12.3. The fourth-order valence-electron chi connectivity index (χ4n) is 3.85. The molecule has 0 aromatic heterocycles. The van der Waals surface area contributed by atoms with E-state index in [0.717, 1.165) is 22.3 Å². The lowest BCUT2D eigenvalue weighted by molar-refractivity contribution is 0.0625. The van der Waals surface area contributed by atoms with Gasteiger partial charge >= 0.3 is 0 Å². The van der Waals surface area contributed by atoms with Crippen molar-refractivity contribution in [1.29, 1.82) is 0 Å². The van der Waals surface area contributed by atoms with E-state index in [1.807, 2.05) is 111 Å². The standard InChI is InChI=1S/C26H22O.C2H6/c27-26(23-17-9-3-10-18-23,24-19-11-4-12-20-24)25(21-13-5-1-6-14-21)22-15-7-2-8-16-22;1-2/h1-20,25,27H;1-2H3. The lowest BCUT2D eigenvalue weighted by Gasteiger charge is -2.38. The van der Waals surface area contributed by atoms with Gasteiger partial charge in [0.1, 0.15) is 5.60 Å². The predicted molar refractivity (Wildman–Crippen MR) is 122 cm³/mol. The van der Waals surface area contributed by atoms with Gasteiger partial charge in [-0.25, -0.2) is 0 Å². The predicted octanol–water partition coefficient (Wildman–Crippen LogP) is 6.78. The minimum atomic E-state index is -1.19. The van der Waals surface area contributed by atoms with Crippen molar-refractivity contribution in [3.63, 3.8) is 0 Å². The van der Waals surface area contributed by atoms with Gasteiger partial charge in [0.15, 0.2) is 0 Å². The summed E-state index contributed by atoms with van der Waals surface area (Å²) in [5, 5.41) is 12.3. The summed E-state index contributed by atoms with van der Waals surface area (Å²) in [6.07, 6.45) is 0. The highest BCUT2D eigenvalue weighted by Gasteiger charge is 2.41. The highest BCUT2D eigenvalue weighted by molar-refractivity contribution is 5.47. The molecule has 0 heterocycles. The molecule has 0 aliphatic heterocycles. The van der Waals surface area contributed by atoms with Crippen LogP contribution < -0.4 is 0 Å². The van der Waals surface area contributed by atoms with Crippen LogP contribution in [0.2, 0.25) is 0 Å². The van der Waals surface area contributed by atoms with Crippen LogP contribution in [0.3, 0.4) is 0 Å². The van der Waals surface area contributed by atoms with Crippen LogP contribution in [-0.4, -0.2) is 5.11 Å². The number of hydrogen-bond acceptors (Lipinski definition) is 1. The topological polar surface area (TPSA) is 20.2 Å². The average molecular weight is 381 g/mol. The Balaban J connectivity index is 0.00000117. The van der Waals surface area contributed by atoms with Crippen LogP contribution in [0.15, 0.2) is 121 Å². The molecule has 0 amide bonds. The minimum Gasteiger partial charge on any atom is -0.379 e. The molecule has 146 valence electrons. The summed E-state index contributed by atoms with van der Waals surface area (Å²) in [6, 6.07) is 40.4. The molecule has 0 aliphatic carbocycles. The highest BCUT2D eigenvalue weighted by atomic mass is 16.3. The van der Waals surface area contributed by atoms with E-state index in [-0.39, 0.29) is 5.92 Å². The van der Waals surface area contributed by atoms with E-state index < -0.39 is 5.60 Å². The molecule has 0 saturated heterocycles. The van der Waals surface area contributed by atoms with Crippen molar-refractivity contribution in [1.82, 2.24) is 0 Å². The molecular formula is C28H28O. The third-order valence-electron chi connectivity index (χ3n) is 5.11. The summed E-state index contributed by atoms with van der Waals surface area (Å²) in [7, 11) is 0. The van der Waals surface area contributed by atoms with E-state index in [0.29, 0.717) is 0 Å². The van der Waals surface area contributed by atoms with Crippen molar-refractivity contribution >= 4 is 0 Å². The van der Waals surface area contributed by atoms with Gasteiger partial charge in [-0.2, -0.15) is 0 Å². The Bertz CT molecular complexity index is 885. The first-order valence-corrected chi connectivity index (χ1v) is 10.2. The average Bonchev–Trinajstić information content (AvgIpc) is 2.83. The Hall–Kier alpha value is -3.16. The maximum atomic E-state index is 12.3. The molecule has 0 atom stereocenters. The van der Waals surface area contributed by atoms with Crippen LogP contribution in [0.25, 0.3) is 0 Å². The molecule has 4 rings (SSSR count). The Labute approximate surface area is 174 Å². The Morgan fingerprint density at radius 2 is 0.759 bits per heavy atom. The van der Waals surface area contributed by atoms with Crippen LogP contribution in [0.1, 0.15) is 42.0 Å². The van der Waals surface area contributed by atoms with Crippen molar-refractivity contribution in [3.05, 3.63) is 144 Å². The molecule has 1 nitrogen and oxygen atoms in total. The Morgan fingerprint density at radius 3 is 1.07 bits per heavy atom. The summed E-state index contributed by atoms with van der Waals surface area (Å²) in [6.45, 7) is 4.00. The smallest absolute Gasteiger partial charge is 0.125 e. The van der Waals surface area contributed by atoms with Gasteiger partial charge in [-0.1, -0.05) is 135 Å². The summed E-state index contributed by atoms with van der Waals surface area (Å²) in [4.78, 5) is 0. The van der Waals surface area contributed by atoms with E-state index in [2.05, 4.69) is 24.3 Å². The fraction of sp³-hybridized carbons (Fsp3) is 0.143. The van der Waals surface area contributed by atoms with Crippen molar-refractivity contribution in [2.75, 3.05) is 0 Å². The molecule has 29 heavy (non-hydrogen) atoms. The van der Waals surface area contributed by atoms with Crippen molar-refractivity contribution in [3.8, 4) is 0 Å². The largest absolute Gasteiger partial charge is 0.379 e. The molecule has 0 bridgehead atoms. The van der Waals surface area contributed by atoms with Crippen LogP contribution >= 0.6 is 0 Å². The van der Waals surface area contributed by atoms with E-state index in [1.165, 1.54) is 0 Å². The zero-order valence-electron chi connectivity index (χ0n) is 17.1. The van der Waals surface area contributed by atoms with Gasteiger partial charge in [-0.15, -0.1) is 0 Å². The third kappa shape index (κ3) is 4.31. The SMILES string of the molecule is CC.OC(c1ccccc1)(c1ccccc1)C(c1ccccc1)c1ccccc1. The quantitative estimate of drug-likeness (QED) is 0.404. The molecule has 0 spiro atoms. The van der Waals surface area contributed by atoms with Crippen LogP contribution in [-0.2, 0) is 5.60 Å². The van der Waals surface area contributed by atoms with Crippen LogP contribution in [0, 0.1) is 0 Å². The van der Waals surface area contributed by atoms with Gasteiger partial charge in [0.2, 0.25) is 0 Å². The lowest BCUT2D eigenvalue weighted by Crippen LogP contribution is -2.35. The monoisotopic (exact) mass is 380 g/mol. The lowest BCUT2D eigenvalue weighted by atomic mass is 9.70. The number of aliphatic hydroxyl groups is 1. The number of benzene rings is 4. The molecule has 4 aromatic rings. The van der Waals surface area contributed by atoms with E-state index in [9.17, 15) is 5.11 Å². The fourth-order valence-corrected chi connectivity index (χ4v) is 3.85. The molecule has 0 aliphatic rings. The first kappa shape index (κ1) is 20.6. The first-order valence-electron chi connectivity index (χ1n) is 10.2. The van der Waals surface area contributed by atoms with E-state index >= 15 is 0 Å². The van der Waals surface area contributed by atoms with Gasteiger partial charge in [0.25, 0.3) is 0 Å². The summed E-state index contributed by atoms with van der Waals surface area (Å²) in [5.74, 6) is -0.232. The van der Waals surface area contributed by atoms with Gasteiger partial charge in [0.05, 0.1) is 0 Å². The zero-order valence-corrected chi connectivity index (χ0v) is 17.1. The maximum Gasteiger partial charge on any atom is 0.125 e. The van der Waals surface area contributed by atoms with Gasteiger partial charge in [-0.05, 0) is 22.3 Å². The molecular weight excluding hydrogens is 352 g/mol. The van der Waals surface area contributed by atoms with Gasteiger partial charge < -0.3 is 5.11 Å². The van der Waals surface area contributed by atoms with Gasteiger partial charge in [0, 0.05) is 5.92 Å². The second-order valence-electron chi connectivity index (χ2n) is 6.75. The highest BCUT2D eigenvalue weighted by Crippen LogP contribution is 2.46. The molecule has 0 radical (unpaired) electrons. The van der Waals surface area contributed by atoms with Crippen molar-refractivity contribution in [2.24, 2.45) is 0 Å². The third-order valence-corrected chi connectivity index (χ3v) is 5.11. The second-order valence-corrected chi connectivity index (χ2v) is 6.75. The molecule has 1 N–H and O–H groups in total. The van der Waals surface area contributed by atoms with E-state index in [1.54, 1.807) is 0 Å². The van der Waals surface area contributed by atoms with Crippen molar-refractivity contribution in [2.45, 2.75) is 25.4 Å². The van der Waals surface area contributed by atoms with Gasteiger partial charge in [-0.3, -0.25) is 0 Å². The summed E-state index contributed by atoms with van der Waals surface area (Å²) in [5.41, 5.74) is 2.74. The molecule has 0 saturated carbocycles. The van der Waals surface area contributed by atoms with Crippen LogP contribution in [0.5, 0.6) is 0 Å². The molecule has 0 fully saturated rings.